The molecule has 4 aromatic rings. The number of carbonyl (C=O) groups is 2. The number of esters is 1. The number of thiazole rings is 1. The van der Waals surface area contributed by atoms with Crippen LogP contribution in [-0.4, -0.2) is 28.6 Å². The fraction of sp³-hybridized carbons (Fsp3) is 0.0909. The molecule has 0 unspecified atom stereocenters. The van der Waals surface area contributed by atoms with Crippen molar-refractivity contribution in [3.63, 3.8) is 0 Å². The molecule has 2 heterocycles. The molecular formula is C22H16ClN3O4S2. The van der Waals surface area contributed by atoms with Crippen molar-refractivity contribution in [2.45, 2.75) is 6.92 Å². The number of furan rings is 1. The molecule has 0 spiro atoms. The first-order chi connectivity index (χ1) is 15.4. The van der Waals surface area contributed by atoms with E-state index in [4.69, 9.17) is 33.0 Å². The Morgan fingerprint density at radius 2 is 1.94 bits per heavy atom. The number of fused-ring (bicyclic) bond motifs is 1. The van der Waals surface area contributed by atoms with E-state index in [0.717, 1.165) is 10.3 Å². The third-order valence-corrected chi connectivity index (χ3v) is 5.70. The highest BCUT2D eigenvalue weighted by atomic mass is 35.5. The Hall–Kier alpha value is -3.27. The Kier molecular flexibility index (Phi) is 6.50. The quantitative estimate of drug-likeness (QED) is 0.284. The fourth-order valence-corrected chi connectivity index (χ4v) is 4.13. The van der Waals surface area contributed by atoms with Crippen molar-refractivity contribution >= 4 is 67.5 Å². The summed E-state index contributed by atoms with van der Waals surface area (Å²) in [5, 5.41) is 6.62. The van der Waals surface area contributed by atoms with Crippen LogP contribution in [0.1, 0.15) is 27.8 Å². The van der Waals surface area contributed by atoms with Gasteiger partial charge in [0.15, 0.2) is 16.0 Å². The lowest BCUT2D eigenvalue weighted by atomic mass is 10.2. The monoisotopic (exact) mass is 485 g/mol. The van der Waals surface area contributed by atoms with Gasteiger partial charge in [0.1, 0.15) is 5.76 Å². The zero-order chi connectivity index (χ0) is 22.7. The van der Waals surface area contributed by atoms with Gasteiger partial charge in [0, 0.05) is 10.6 Å². The number of thiocarbonyl (C=S) groups is 1. The summed E-state index contributed by atoms with van der Waals surface area (Å²) in [6.45, 7) is 2.05. The summed E-state index contributed by atoms with van der Waals surface area (Å²) in [4.78, 5) is 28.8. The summed E-state index contributed by atoms with van der Waals surface area (Å²) in [7, 11) is 0. The first kappa shape index (κ1) is 21.9. The molecule has 1 amide bonds. The molecule has 0 atom stereocenters. The van der Waals surface area contributed by atoms with Crippen LogP contribution < -0.4 is 10.6 Å². The Labute approximate surface area is 197 Å². The van der Waals surface area contributed by atoms with Gasteiger partial charge < -0.3 is 14.5 Å². The van der Waals surface area contributed by atoms with E-state index in [0.29, 0.717) is 33.6 Å². The summed E-state index contributed by atoms with van der Waals surface area (Å²) in [6.07, 6.45) is 0. The number of anilines is 1. The number of hydrogen-bond donors (Lipinski definition) is 2. The minimum Gasteiger partial charge on any atom is -0.462 e. The highest BCUT2D eigenvalue weighted by molar-refractivity contribution is 7.80. The van der Waals surface area contributed by atoms with Gasteiger partial charge in [-0.25, -0.2) is 9.78 Å². The van der Waals surface area contributed by atoms with Crippen molar-refractivity contribution in [3.05, 3.63) is 70.9 Å². The van der Waals surface area contributed by atoms with E-state index in [-0.39, 0.29) is 10.9 Å². The Morgan fingerprint density at radius 3 is 2.69 bits per heavy atom. The van der Waals surface area contributed by atoms with Crippen molar-refractivity contribution in [2.24, 2.45) is 0 Å². The molecule has 4 rings (SSSR count). The standard InChI is InChI=1S/C22H16ClN3O4S2/c1-2-29-20(28)13-5-8-15-18(11-13)32-22(24-15)26-21(31)25-19(27)17-10-9-16(30-17)12-3-6-14(23)7-4-12/h3-11H,2H2,1H3,(H2,24,25,26,27,31). The van der Waals surface area contributed by atoms with E-state index in [2.05, 4.69) is 15.6 Å². The summed E-state index contributed by atoms with van der Waals surface area (Å²) in [5.74, 6) is -0.235. The SMILES string of the molecule is CCOC(=O)c1ccc2nc(NC(=S)NC(=O)c3ccc(-c4ccc(Cl)cc4)o3)sc2c1. The van der Waals surface area contributed by atoms with Gasteiger partial charge in [0.25, 0.3) is 5.91 Å². The number of ether oxygens (including phenoxy) is 1. The van der Waals surface area contributed by atoms with Gasteiger partial charge in [-0.15, -0.1) is 0 Å². The van der Waals surface area contributed by atoms with Crippen LogP contribution >= 0.6 is 35.2 Å². The molecule has 0 bridgehead atoms. The maximum atomic E-state index is 12.5. The second-order valence-corrected chi connectivity index (χ2v) is 8.38. The molecule has 32 heavy (non-hydrogen) atoms. The first-order valence-electron chi connectivity index (χ1n) is 9.49. The van der Waals surface area contributed by atoms with Gasteiger partial charge in [-0.1, -0.05) is 22.9 Å². The number of amides is 1. The van der Waals surface area contributed by atoms with Crippen molar-refractivity contribution in [2.75, 3.05) is 11.9 Å². The third kappa shape index (κ3) is 4.96. The van der Waals surface area contributed by atoms with Crippen molar-refractivity contribution < 1.29 is 18.7 Å². The second kappa shape index (κ2) is 9.47. The van der Waals surface area contributed by atoms with Crippen LogP contribution in [0.5, 0.6) is 0 Å². The summed E-state index contributed by atoms with van der Waals surface area (Å²) < 4.78 is 11.4. The number of nitrogens with zero attached hydrogens (tertiary/aromatic N) is 1. The highest BCUT2D eigenvalue weighted by Crippen LogP contribution is 2.27. The lowest BCUT2D eigenvalue weighted by Crippen LogP contribution is -2.33. The number of nitrogens with one attached hydrogen (secondary N) is 2. The maximum absolute atomic E-state index is 12.5. The van der Waals surface area contributed by atoms with Crippen LogP contribution in [0.15, 0.2) is 59.0 Å². The van der Waals surface area contributed by atoms with Gasteiger partial charge in [-0.05, 0) is 73.7 Å². The molecule has 0 aliphatic rings. The van der Waals surface area contributed by atoms with Crippen LogP contribution in [-0.2, 0) is 4.74 Å². The van der Waals surface area contributed by atoms with Gasteiger partial charge in [-0.3, -0.25) is 10.1 Å². The highest BCUT2D eigenvalue weighted by Gasteiger charge is 2.15. The second-order valence-electron chi connectivity index (χ2n) is 6.50. The predicted octanol–water partition coefficient (Wildman–Crippen LogP) is 5.51. The Morgan fingerprint density at radius 1 is 1.16 bits per heavy atom. The van der Waals surface area contributed by atoms with E-state index < -0.39 is 11.9 Å². The number of halogens is 1. The Bertz CT molecular complexity index is 1310. The lowest BCUT2D eigenvalue weighted by molar-refractivity contribution is 0.0526. The van der Waals surface area contributed by atoms with Gasteiger partial charge in [-0.2, -0.15) is 0 Å². The first-order valence-corrected chi connectivity index (χ1v) is 11.1. The van der Waals surface area contributed by atoms with Crippen LogP contribution in [0.25, 0.3) is 21.5 Å². The normalized spacial score (nSPS) is 10.7. The molecule has 0 radical (unpaired) electrons. The van der Waals surface area contributed by atoms with Crippen LogP contribution in [0.4, 0.5) is 5.13 Å². The number of carbonyl (C=O) groups excluding carboxylic acids is 2. The van der Waals surface area contributed by atoms with Gasteiger partial charge in [0.05, 0.1) is 22.4 Å². The number of hydrogen-bond acceptors (Lipinski definition) is 7. The Balaban J connectivity index is 1.41. The fourth-order valence-electron chi connectivity index (χ4n) is 2.84. The minimum absolute atomic E-state index is 0.0733. The molecular weight excluding hydrogens is 470 g/mol. The molecule has 0 saturated carbocycles. The summed E-state index contributed by atoms with van der Waals surface area (Å²) >= 11 is 12.4. The lowest BCUT2D eigenvalue weighted by Gasteiger charge is -2.05. The molecule has 2 N–H and O–H groups in total. The average Bonchev–Trinajstić information content (AvgIpc) is 3.40. The van der Waals surface area contributed by atoms with Crippen molar-refractivity contribution in [1.29, 1.82) is 0 Å². The largest absolute Gasteiger partial charge is 0.462 e. The van der Waals surface area contributed by atoms with Gasteiger partial charge >= 0.3 is 5.97 Å². The average molecular weight is 486 g/mol. The summed E-state index contributed by atoms with van der Waals surface area (Å²) in [6, 6.07) is 15.4. The number of benzene rings is 2. The van der Waals surface area contributed by atoms with Crippen LogP contribution in [0.2, 0.25) is 5.02 Å². The molecule has 0 aliphatic heterocycles. The zero-order valence-electron chi connectivity index (χ0n) is 16.7. The number of aromatic nitrogens is 1. The van der Waals surface area contributed by atoms with Crippen molar-refractivity contribution in [1.82, 2.24) is 10.3 Å². The molecule has 0 aliphatic carbocycles. The third-order valence-electron chi connectivity index (χ3n) is 4.31. The van der Waals surface area contributed by atoms with E-state index in [9.17, 15) is 9.59 Å². The van der Waals surface area contributed by atoms with E-state index in [1.807, 2.05) is 0 Å². The van der Waals surface area contributed by atoms with E-state index >= 15 is 0 Å². The minimum atomic E-state index is -0.492. The van der Waals surface area contributed by atoms with Crippen LogP contribution in [0, 0.1) is 0 Å². The van der Waals surface area contributed by atoms with Crippen molar-refractivity contribution in [3.8, 4) is 11.3 Å². The molecule has 0 saturated heterocycles. The molecule has 10 heteroatoms. The molecule has 162 valence electrons. The van der Waals surface area contributed by atoms with Gasteiger partial charge in [0.2, 0.25) is 0 Å². The molecule has 0 fully saturated rings. The van der Waals surface area contributed by atoms with E-state index in [1.165, 1.54) is 11.3 Å². The maximum Gasteiger partial charge on any atom is 0.338 e. The predicted molar refractivity (Wildman–Crippen MR) is 128 cm³/mol. The molecule has 2 aromatic carbocycles. The zero-order valence-corrected chi connectivity index (χ0v) is 19.1. The molecule has 7 nitrogen and oxygen atoms in total. The smallest absolute Gasteiger partial charge is 0.338 e. The molecule has 2 aromatic heterocycles. The topological polar surface area (TPSA) is 93.5 Å². The summed E-state index contributed by atoms with van der Waals surface area (Å²) in [5.41, 5.74) is 1.93. The van der Waals surface area contributed by atoms with Crippen LogP contribution in [0.3, 0.4) is 0 Å². The number of rotatable bonds is 5. The van der Waals surface area contributed by atoms with E-state index in [1.54, 1.807) is 61.5 Å².